The van der Waals surface area contributed by atoms with E-state index in [1.54, 1.807) is 0 Å². The topological polar surface area (TPSA) is 0 Å². The van der Waals surface area contributed by atoms with E-state index in [1.165, 1.54) is 32.1 Å². The summed E-state index contributed by atoms with van der Waals surface area (Å²) in [5, 5.41) is 0. The van der Waals surface area contributed by atoms with Gasteiger partial charge in [-0.05, 0) is 37.3 Å². The standard InChI is InChI=1S/C10H16/c1-2-3-7-10-8-5-4-6-9-10/h4,9-10H,2-3,5,7-8H2,1H3. The zero-order valence-electron chi connectivity index (χ0n) is 6.77. The summed E-state index contributed by atoms with van der Waals surface area (Å²) < 4.78 is 0. The Bertz CT molecular complexity index is 138. The van der Waals surface area contributed by atoms with Crippen molar-refractivity contribution in [3.63, 3.8) is 0 Å². The molecule has 56 valence electrons. The molecule has 10 heavy (non-hydrogen) atoms. The summed E-state index contributed by atoms with van der Waals surface area (Å²) in [7, 11) is 0. The fourth-order valence-electron chi connectivity index (χ4n) is 1.36. The molecule has 0 bridgehead atoms. The highest BCUT2D eigenvalue weighted by molar-refractivity contribution is 4.95. The van der Waals surface area contributed by atoms with Gasteiger partial charge in [-0.2, -0.15) is 0 Å². The fraction of sp³-hybridized carbons (Fsp3) is 0.700. The zero-order valence-corrected chi connectivity index (χ0v) is 6.77. The van der Waals surface area contributed by atoms with E-state index in [0.29, 0.717) is 0 Å². The molecule has 0 aromatic carbocycles. The van der Waals surface area contributed by atoms with Crippen LogP contribution in [0.15, 0.2) is 17.9 Å². The second-order valence-electron chi connectivity index (χ2n) is 3.02. The van der Waals surface area contributed by atoms with Crippen LogP contribution in [0.3, 0.4) is 0 Å². The zero-order chi connectivity index (χ0) is 7.23. The van der Waals surface area contributed by atoms with Gasteiger partial charge in [-0.3, -0.25) is 0 Å². The number of unbranched alkanes of at least 4 members (excludes halogenated alkanes) is 1. The van der Waals surface area contributed by atoms with Gasteiger partial charge in [0.25, 0.3) is 0 Å². The Morgan fingerprint density at radius 2 is 2.50 bits per heavy atom. The van der Waals surface area contributed by atoms with Gasteiger partial charge in [0.05, 0.1) is 0 Å². The third-order valence-electron chi connectivity index (χ3n) is 2.06. The molecule has 1 atom stereocenters. The van der Waals surface area contributed by atoms with Crippen molar-refractivity contribution in [2.45, 2.75) is 39.0 Å². The molecule has 0 heteroatoms. The molecule has 0 heterocycles. The van der Waals surface area contributed by atoms with Gasteiger partial charge in [0, 0.05) is 0 Å². The SMILES string of the molecule is CCCCC1C=C=CCC1. The van der Waals surface area contributed by atoms with Crippen molar-refractivity contribution in [2.24, 2.45) is 5.92 Å². The maximum atomic E-state index is 3.19. The van der Waals surface area contributed by atoms with Gasteiger partial charge in [-0.1, -0.05) is 19.8 Å². The third-order valence-corrected chi connectivity index (χ3v) is 2.06. The van der Waals surface area contributed by atoms with E-state index in [2.05, 4.69) is 24.8 Å². The molecule has 0 aromatic rings. The maximum absolute atomic E-state index is 3.19. The van der Waals surface area contributed by atoms with E-state index in [1.807, 2.05) is 0 Å². The van der Waals surface area contributed by atoms with Crippen LogP contribution in [0.25, 0.3) is 0 Å². The first-order valence-electron chi connectivity index (χ1n) is 4.34. The highest BCUT2D eigenvalue weighted by Gasteiger charge is 2.04. The first-order chi connectivity index (χ1) is 4.93. The van der Waals surface area contributed by atoms with Crippen LogP contribution in [0.2, 0.25) is 0 Å². The first kappa shape index (κ1) is 7.63. The Morgan fingerprint density at radius 3 is 3.10 bits per heavy atom. The molecule has 0 saturated heterocycles. The molecule has 0 N–H and O–H groups in total. The van der Waals surface area contributed by atoms with Crippen molar-refractivity contribution in [3.05, 3.63) is 17.9 Å². The van der Waals surface area contributed by atoms with E-state index in [-0.39, 0.29) is 0 Å². The summed E-state index contributed by atoms with van der Waals surface area (Å²) >= 11 is 0. The minimum Gasteiger partial charge on any atom is -0.129 e. The average Bonchev–Trinajstić information content (AvgIpc) is 2.03. The quantitative estimate of drug-likeness (QED) is 0.522. The normalized spacial score (nSPS) is 23.5. The lowest BCUT2D eigenvalue weighted by atomic mass is 9.94. The van der Waals surface area contributed by atoms with E-state index >= 15 is 0 Å². The Morgan fingerprint density at radius 1 is 1.60 bits per heavy atom. The smallest absolute Gasteiger partial charge is 0.0154 e. The Hall–Kier alpha value is -0.480. The van der Waals surface area contributed by atoms with Crippen LogP contribution in [0, 0.1) is 5.92 Å². The highest BCUT2D eigenvalue weighted by atomic mass is 14.1. The molecule has 1 aliphatic carbocycles. The maximum Gasteiger partial charge on any atom is -0.0154 e. The minimum absolute atomic E-state index is 0.838. The lowest BCUT2D eigenvalue weighted by Crippen LogP contribution is -1.97. The van der Waals surface area contributed by atoms with Gasteiger partial charge >= 0.3 is 0 Å². The Labute approximate surface area is 63.6 Å². The van der Waals surface area contributed by atoms with Crippen molar-refractivity contribution in [3.8, 4) is 0 Å². The Balaban J connectivity index is 2.21. The van der Waals surface area contributed by atoms with Crippen molar-refractivity contribution < 1.29 is 0 Å². The van der Waals surface area contributed by atoms with Gasteiger partial charge in [-0.15, -0.1) is 5.73 Å². The summed E-state index contributed by atoms with van der Waals surface area (Å²) in [6.07, 6.45) is 11.0. The van der Waals surface area contributed by atoms with Crippen LogP contribution in [0.5, 0.6) is 0 Å². The summed E-state index contributed by atoms with van der Waals surface area (Å²) in [6.45, 7) is 2.25. The molecule has 0 amide bonds. The van der Waals surface area contributed by atoms with E-state index in [9.17, 15) is 0 Å². The predicted molar refractivity (Wildman–Crippen MR) is 44.9 cm³/mol. The molecule has 1 aliphatic rings. The van der Waals surface area contributed by atoms with Crippen LogP contribution in [-0.2, 0) is 0 Å². The molecule has 0 fully saturated rings. The van der Waals surface area contributed by atoms with Crippen molar-refractivity contribution >= 4 is 0 Å². The van der Waals surface area contributed by atoms with Gasteiger partial charge in [0.1, 0.15) is 0 Å². The van der Waals surface area contributed by atoms with Gasteiger partial charge in [0.15, 0.2) is 0 Å². The fourth-order valence-corrected chi connectivity index (χ4v) is 1.36. The van der Waals surface area contributed by atoms with Crippen LogP contribution in [0.1, 0.15) is 39.0 Å². The molecule has 1 unspecified atom stereocenters. The van der Waals surface area contributed by atoms with Crippen LogP contribution in [-0.4, -0.2) is 0 Å². The van der Waals surface area contributed by atoms with E-state index in [4.69, 9.17) is 0 Å². The molecule has 0 spiro atoms. The van der Waals surface area contributed by atoms with Crippen molar-refractivity contribution in [1.82, 2.24) is 0 Å². The molecule has 0 radical (unpaired) electrons. The van der Waals surface area contributed by atoms with Crippen LogP contribution >= 0.6 is 0 Å². The number of rotatable bonds is 3. The van der Waals surface area contributed by atoms with Gasteiger partial charge < -0.3 is 0 Å². The summed E-state index contributed by atoms with van der Waals surface area (Å²) in [5.74, 6) is 0.838. The van der Waals surface area contributed by atoms with Crippen LogP contribution in [0.4, 0.5) is 0 Å². The molecule has 1 rings (SSSR count). The predicted octanol–water partition coefficient (Wildman–Crippen LogP) is 3.30. The highest BCUT2D eigenvalue weighted by Crippen LogP contribution is 2.18. The number of allylic oxidation sites excluding steroid dienone is 1. The average molecular weight is 136 g/mol. The first-order valence-corrected chi connectivity index (χ1v) is 4.34. The molecular weight excluding hydrogens is 120 g/mol. The molecule has 0 aromatic heterocycles. The van der Waals surface area contributed by atoms with Crippen molar-refractivity contribution in [1.29, 1.82) is 0 Å². The molecular formula is C10H16. The van der Waals surface area contributed by atoms with E-state index < -0.39 is 0 Å². The van der Waals surface area contributed by atoms with Gasteiger partial charge in [-0.25, -0.2) is 0 Å². The van der Waals surface area contributed by atoms with Crippen LogP contribution < -0.4 is 0 Å². The minimum atomic E-state index is 0.838. The summed E-state index contributed by atoms with van der Waals surface area (Å²) in [5.41, 5.74) is 3.19. The monoisotopic (exact) mass is 136 g/mol. The number of hydrogen-bond acceptors (Lipinski definition) is 0. The van der Waals surface area contributed by atoms with Crippen molar-refractivity contribution in [2.75, 3.05) is 0 Å². The molecule has 0 aliphatic heterocycles. The third kappa shape index (κ3) is 2.41. The Kier molecular flexibility index (Phi) is 3.32. The molecule has 0 nitrogen and oxygen atoms in total. The lowest BCUT2D eigenvalue weighted by Gasteiger charge is -2.11. The molecule has 0 saturated carbocycles. The van der Waals surface area contributed by atoms with Gasteiger partial charge in [0.2, 0.25) is 0 Å². The second-order valence-corrected chi connectivity index (χ2v) is 3.02. The number of hydrogen-bond donors (Lipinski definition) is 0. The summed E-state index contributed by atoms with van der Waals surface area (Å²) in [6, 6.07) is 0. The summed E-state index contributed by atoms with van der Waals surface area (Å²) in [4.78, 5) is 0. The van der Waals surface area contributed by atoms with E-state index in [0.717, 1.165) is 5.92 Å². The second kappa shape index (κ2) is 4.35. The largest absolute Gasteiger partial charge is 0.129 e. The lowest BCUT2D eigenvalue weighted by molar-refractivity contribution is 0.517.